The van der Waals surface area contributed by atoms with Crippen LogP contribution in [0.3, 0.4) is 0 Å². The van der Waals surface area contributed by atoms with Gasteiger partial charge in [0.1, 0.15) is 11.5 Å². The Morgan fingerprint density at radius 1 is 1.41 bits per heavy atom. The van der Waals surface area contributed by atoms with Gasteiger partial charge in [0.2, 0.25) is 5.91 Å². The molecule has 1 aliphatic heterocycles. The molecular weight excluding hydrogens is 220 g/mol. The molecule has 88 valence electrons. The van der Waals surface area contributed by atoms with Crippen LogP contribution in [-0.4, -0.2) is 29.6 Å². The van der Waals surface area contributed by atoms with Crippen molar-refractivity contribution in [1.82, 2.24) is 10.4 Å². The molecule has 2 heterocycles. The van der Waals surface area contributed by atoms with Crippen molar-refractivity contribution >= 4 is 23.3 Å². The first-order chi connectivity index (χ1) is 8.18. The summed E-state index contributed by atoms with van der Waals surface area (Å²) in [5, 5.41) is 3.76. The number of hydrogen-bond donors (Lipinski definition) is 1. The number of hydrazone groups is 1. The fourth-order valence-electron chi connectivity index (χ4n) is 1.48. The molecule has 0 bridgehead atoms. The van der Waals surface area contributed by atoms with Crippen molar-refractivity contribution in [3.05, 3.63) is 24.4 Å². The Kier molecular flexibility index (Phi) is 3.13. The molecule has 0 aliphatic carbocycles. The van der Waals surface area contributed by atoms with Crippen LogP contribution in [0.1, 0.15) is 12.8 Å². The van der Waals surface area contributed by atoms with Gasteiger partial charge in [0.05, 0.1) is 0 Å². The van der Waals surface area contributed by atoms with Gasteiger partial charge in [-0.05, 0) is 12.1 Å². The second kappa shape index (κ2) is 4.73. The largest absolute Gasteiger partial charge is 0.295 e. The summed E-state index contributed by atoms with van der Waals surface area (Å²) in [5.74, 6) is 0.142. The zero-order valence-electron chi connectivity index (χ0n) is 9.38. The van der Waals surface area contributed by atoms with E-state index >= 15 is 0 Å². The van der Waals surface area contributed by atoms with E-state index in [1.165, 1.54) is 4.90 Å². The molecule has 6 heteroatoms. The van der Waals surface area contributed by atoms with Crippen LogP contribution in [0.15, 0.2) is 29.5 Å². The number of nitrogens with one attached hydrogen (secondary N) is 1. The Bertz CT molecular complexity index is 470. The van der Waals surface area contributed by atoms with Crippen LogP contribution in [0.5, 0.6) is 0 Å². The van der Waals surface area contributed by atoms with Gasteiger partial charge in [-0.25, -0.2) is 10.4 Å². The number of nitrogens with zero attached hydrogens (tertiary/aromatic N) is 3. The lowest BCUT2D eigenvalue weighted by Crippen LogP contribution is -2.38. The summed E-state index contributed by atoms with van der Waals surface area (Å²) >= 11 is 0. The normalized spacial score (nSPS) is 14.9. The molecule has 2 amide bonds. The predicted molar refractivity (Wildman–Crippen MR) is 62.5 cm³/mol. The highest BCUT2D eigenvalue weighted by molar-refractivity contribution is 6.44. The van der Waals surface area contributed by atoms with E-state index in [9.17, 15) is 9.59 Å². The molecule has 0 atom stereocenters. The van der Waals surface area contributed by atoms with E-state index in [1.54, 1.807) is 31.4 Å². The maximum Gasteiger partial charge on any atom is 0.275 e. The molecule has 0 saturated carbocycles. The average molecular weight is 232 g/mol. The number of pyridine rings is 1. The second-order valence-electron chi connectivity index (χ2n) is 3.65. The van der Waals surface area contributed by atoms with E-state index in [0.29, 0.717) is 24.4 Å². The number of amides is 2. The summed E-state index contributed by atoms with van der Waals surface area (Å²) in [6.45, 7) is 0. The van der Waals surface area contributed by atoms with Gasteiger partial charge in [0.25, 0.3) is 5.91 Å². The van der Waals surface area contributed by atoms with Gasteiger partial charge in [-0.1, -0.05) is 6.07 Å². The third kappa shape index (κ3) is 2.47. The highest BCUT2D eigenvalue weighted by atomic mass is 16.2. The molecule has 1 aliphatic rings. The molecule has 0 aromatic carbocycles. The fourth-order valence-corrected chi connectivity index (χ4v) is 1.48. The Hall–Kier alpha value is -2.24. The zero-order chi connectivity index (χ0) is 12.3. The standard InChI is InChI=1S/C11H12N4O2/c1-15(9-4-2-3-7-12-9)11(17)8-5-6-10(16)14-13-8/h2-4,7H,5-6H2,1H3,(H,14,16). The fraction of sp³-hybridized carbons (Fsp3) is 0.273. The Morgan fingerprint density at radius 2 is 2.24 bits per heavy atom. The number of anilines is 1. The summed E-state index contributed by atoms with van der Waals surface area (Å²) in [6, 6.07) is 5.32. The second-order valence-corrected chi connectivity index (χ2v) is 3.65. The third-order valence-electron chi connectivity index (χ3n) is 2.45. The first-order valence-electron chi connectivity index (χ1n) is 5.23. The van der Waals surface area contributed by atoms with Crippen LogP contribution in [0.25, 0.3) is 0 Å². The van der Waals surface area contributed by atoms with Gasteiger partial charge in [-0.15, -0.1) is 0 Å². The van der Waals surface area contributed by atoms with Gasteiger partial charge >= 0.3 is 0 Å². The van der Waals surface area contributed by atoms with Crippen LogP contribution >= 0.6 is 0 Å². The molecule has 0 spiro atoms. The van der Waals surface area contributed by atoms with Crippen LogP contribution in [-0.2, 0) is 9.59 Å². The Balaban J connectivity index is 2.13. The van der Waals surface area contributed by atoms with Crippen molar-refractivity contribution in [3.8, 4) is 0 Å². The average Bonchev–Trinajstić information content (AvgIpc) is 2.39. The van der Waals surface area contributed by atoms with Crippen molar-refractivity contribution in [2.75, 3.05) is 11.9 Å². The minimum absolute atomic E-state index is 0.165. The number of rotatable bonds is 2. The van der Waals surface area contributed by atoms with E-state index in [-0.39, 0.29) is 11.8 Å². The molecule has 6 nitrogen and oxygen atoms in total. The summed E-state index contributed by atoms with van der Waals surface area (Å²) < 4.78 is 0. The summed E-state index contributed by atoms with van der Waals surface area (Å²) in [6.07, 6.45) is 2.27. The van der Waals surface area contributed by atoms with E-state index in [1.807, 2.05) is 0 Å². The number of carbonyl (C=O) groups is 2. The van der Waals surface area contributed by atoms with Gasteiger partial charge in [-0.2, -0.15) is 5.10 Å². The van der Waals surface area contributed by atoms with E-state index in [2.05, 4.69) is 15.5 Å². The van der Waals surface area contributed by atoms with Crippen LogP contribution in [0.4, 0.5) is 5.82 Å². The van der Waals surface area contributed by atoms with Crippen LogP contribution in [0.2, 0.25) is 0 Å². The molecule has 17 heavy (non-hydrogen) atoms. The maximum atomic E-state index is 12.0. The third-order valence-corrected chi connectivity index (χ3v) is 2.45. The maximum absolute atomic E-state index is 12.0. The first-order valence-corrected chi connectivity index (χ1v) is 5.23. The van der Waals surface area contributed by atoms with Gasteiger partial charge in [0.15, 0.2) is 0 Å². The van der Waals surface area contributed by atoms with Gasteiger partial charge < -0.3 is 0 Å². The lowest BCUT2D eigenvalue weighted by molar-refractivity contribution is -0.121. The number of aromatic nitrogens is 1. The lowest BCUT2D eigenvalue weighted by atomic mass is 10.1. The van der Waals surface area contributed by atoms with Crippen LogP contribution < -0.4 is 10.3 Å². The molecular formula is C11H12N4O2. The summed E-state index contributed by atoms with van der Waals surface area (Å²) in [5.41, 5.74) is 2.65. The molecule has 1 aromatic heterocycles. The SMILES string of the molecule is CN(C(=O)C1=NNC(=O)CC1)c1ccccn1. The molecule has 0 saturated heterocycles. The minimum atomic E-state index is -0.247. The van der Waals surface area contributed by atoms with Crippen molar-refractivity contribution in [3.63, 3.8) is 0 Å². The predicted octanol–water partition coefficient (Wildman–Crippen LogP) is 0.310. The molecule has 0 unspecified atom stereocenters. The molecule has 1 aromatic rings. The Morgan fingerprint density at radius 3 is 2.82 bits per heavy atom. The molecule has 0 fully saturated rings. The van der Waals surface area contributed by atoms with Gasteiger partial charge in [-0.3, -0.25) is 14.5 Å². The summed E-state index contributed by atoms with van der Waals surface area (Å²) in [4.78, 5) is 28.4. The molecule has 0 radical (unpaired) electrons. The summed E-state index contributed by atoms with van der Waals surface area (Å²) in [7, 11) is 1.63. The minimum Gasteiger partial charge on any atom is -0.295 e. The van der Waals surface area contributed by atoms with E-state index in [4.69, 9.17) is 0 Å². The lowest BCUT2D eigenvalue weighted by Gasteiger charge is -2.18. The van der Waals surface area contributed by atoms with Crippen molar-refractivity contribution in [2.45, 2.75) is 12.8 Å². The van der Waals surface area contributed by atoms with Crippen molar-refractivity contribution in [1.29, 1.82) is 0 Å². The van der Waals surface area contributed by atoms with Gasteiger partial charge in [0, 0.05) is 26.1 Å². The zero-order valence-corrected chi connectivity index (χ0v) is 9.38. The number of carbonyl (C=O) groups excluding carboxylic acids is 2. The Labute approximate surface area is 98.3 Å². The monoisotopic (exact) mass is 232 g/mol. The quantitative estimate of drug-likeness (QED) is 0.797. The smallest absolute Gasteiger partial charge is 0.275 e. The molecule has 2 rings (SSSR count). The number of hydrogen-bond acceptors (Lipinski definition) is 4. The topological polar surface area (TPSA) is 74.7 Å². The van der Waals surface area contributed by atoms with E-state index < -0.39 is 0 Å². The van der Waals surface area contributed by atoms with E-state index in [0.717, 1.165) is 0 Å². The van der Waals surface area contributed by atoms with Crippen LogP contribution in [0, 0.1) is 0 Å². The molecule has 1 N–H and O–H groups in total. The first kappa shape index (κ1) is 11.3. The van der Waals surface area contributed by atoms with Crippen molar-refractivity contribution in [2.24, 2.45) is 5.10 Å². The highest BCUT2D eigenvalue weighted by Crippen LogP contribution is 2.10. The highest BCUT2D eigenvalue weighted by Gasteiger charge is 2.22. The van der Waals surface area contributed by atoms with Crippen molar-refractivity contribution < 1.29 is 9.59 Å².